The van der Waals surface area contributed by atoms with E-state index in [9.17, 15) is 18.0 Å². The molecular weight excluding hydrogens is 313 g/mol. The zero-order chi connectivity index (χ0) is 17.4. The van der Waals surface area contributed by atoms with Crippen LogP contribution in [0, 0.1) is 0 Å². The number of carbonyl (C=O) groups is 1. The van der Waals surface area contributed by atoms with Gasteiger partial charge in [0.15, 0.2) is 5.69 Å². The van der Waals surface area contributed by atoms with Crippen molar-refractivity contribution in [3.8, 4) is 0 Å². The average molecular weight is 334 g/mol. The molecule has 0 saturated carbocycles. The Morgan fingerprint density at radius 3 is 2.61 bits per heavy atom. The largest absolute Gasteiger partial charge is 0.444 e. The maximum absolute atomic E-state index is 13.2. The van der Waals surface area contributed by atoms with Crippen molar-refractivity contribution >= 4 is 6.09 Å². The molecule has 1 N–H and O–H groups in total. The van der Waals surface area contributed by atoms with Gasteiger partial charge in [-0.1, -0.05) is 0 Å². The number of nitrogens with zero attached hydrogens (tertiary/aromatic N) is 3. The fourth-order valence-electron chi connectivity index (χ4n) is 2.49. The smallest absolute Gasteiger partial charge is 0.435 e. The molecule has 0 aliphatic carbocycles. The first-order valence-electron chi connectivity index (χ1n) is 7.30. The molecule has 1 aromatic rings. The summed E-state index contributed by atoms with van der Waals surface area (Å²) in [7, 11) is 1.42. The average Bonchev–Trinajstić information content (AvgIpc) is 2.79. The quantitative estimate of drug-likeness (QED) is 0.856. The zero-order valence-electron chi connectivity index (χ0n) is 13.6. The number of amides is 1. The van der Waals surface area contributed by atoms with Crippen LogP contribution in [0.25, 0.3) is 0 Å². The van der Waals surface area contributed by atoms with E-state index < -0.39 is 29.6 Å². The fourth-order valence-corrected chi connectivity index (χ4v) is 2.49. The van der Waals surface area contributed by atoms with Gasteiger partial charge in [0.25, 0.3) is 0 Å². The molecule has 1 aliphatic heterocycles. The molecule has 0 radical (unpaired) electrons. The van der Waals surface area contributed by atoms with Gasteiger partial charge in [-0.2, -0.15) is 18.3 Å². The maximum Gasteiger partial charge on any atom is 0.435 e. The van der Waals surface area contributed by atoms with E-state index in [-0.39, 0.29) is 18.7 Å². The SMILES string of the molecule is Cn1cc(C2CNCCN2C(=O)OC(C)(C)C)c(C(F)(F)F)n1. The Balaban J connectivity index is 2.34. The number of hydrogen-bond donors (Lipinski definition) is 1. The number of alkyl halides is 3. The van der Waals surface area contributed by atoms with Crippen LogP contribution in [-0.2, 0) is 18.0 Å². The van der Waals surface area contributed by atoms with Crippen molar-refractivity contribution in [3.63, 3.8) is 0 Å². The molecule has 1 atom stereocenters. The van der Waals surface area contributed by atoms with Crippen LogP contribution in [0.3, 0.4) is 0 Å². The van der Waals surface area contributed by atoms with E-state index in [1.165, 1.54) is 18.1 Å². The van der Waals surface area contributed by atoms with Crippen LogP contribution in [0.2, 0.25) is 0 Å². The van der Waals surface area contributed by atoms with Crippen molar-refractivity contribution in [1.82, 2.24) is 20.0 Å². The fraction of sp³-hybridized carbons (Fsp3) is 0.714. The standard InChI is InChI=1S/C14H21F3N4O2/c1-13(2,3)23-12(22)21-6-5-18-7-10(21)9-8-20(4)19-11(9)14(15,16)17/h8,10,18H,5-7H2,1-4H3. The van der Waals surface area contributed by atoms with E-state index in [4.69, 9.17) is 4.74 Å². The molecule has 9 heteroatoms. The Morgan fingerprint density at radius 1 is 1.39 bits per heavy atom. The lowest BCUT2D eigenvalue weighted by Crippen LogP contribution is -2.50. The van der Waals surface area contributed by atoms with Gasteiger partial charge >= 0.3 is 12.3 Å². The minimum Gasteiger partial charge on any atom is -0.444 e. The van der Waals surface area contributed by atoms with Crippen LogP contribution in [0.4, 0.5) is 18.0 Å². The highest BCUT2D eigenvalue weighted by Crippen LogP contribution is 2.36. The zero-order valence-corrected chi connectivity index (χ0v) is 13.6. The maximum atomic E-state index is 13.2. The van der Waals surface area contributed by atoms with Crippen molar-refractivity contribution in [2.24, 2.45) is 7.05 Å². The van der Waals surface area contributed by atoms with Gasteiger partial charge in [-0.15, -0.1) is 0 Å². The molecule has 0 spiro atoms. The number of halogens is 3. The summed E-state index contributed by atoms with van der Waals surface area (Å²) >= 11 is 0. The van der Waals surface area contributed by atoms with Crippen LogP contribution in [0.5, 0.6) is 0 Å². The lowest BCUT2D eigenvalue weighted by Gasteiger charge is -2.37. The predicted octanol–water partition coefficient (Wildman–Crippen LogP) is 2.32. The van der Waals surface area contributed by atoms with E-state index >= 15 is 0 Å². The first-order chi connectivity index (χ1) is 10.5. The number of carbonyl (C=O) groups excluding carboxylic acids is 1. The molecule has 1 saturated heterocycles. The second kappa shape index (κ2) is 6.03. The molecular formula is C14H21F3N4O2. The van der Waals surface area contributed by atoms with E-state index in [2.05, 4.69) is 10.4 Å². The van der Waals surface area contributed by atoms with Gasteiger partial charge in [0.1, 0.15) is 5.60 Å². The number of aryl methyl sites for hydroxylation is 1. The third kappa shape index (κ3) is 4.15. The number of hydrogen-bond acceptors (Lipinski definition) is 4. The first-order valence-corrected chi connectivity index (χ1v) is 7.30. The summed E-state index contributed by atoms with van der Waals surface area (Å²) in [6.07, 6.45) is -3.90. The lowest BCUT2D eigenvalue weighted by molar-refractivity contribution is -0.142. The van der Waals surface area contributed by atoms with Gasteiger partial charge in [-0.3, -0.25) is 9.58 Å². The molecule has 1 aliphatic rings. The van der Waals surface area contributed by atoms with Crippen LogP contribution in [-0.4, -0.2) is 46.0 Å². The van der Waals surface area contributed by atoms with Gasteiger partial charge < -0.3 is 10.1 Å². The topological polar surface area (TPSA) is 59.4 Å². The molecule has 1 aromatic heterocycles. The predicted molar refractivity (Wildman–Crippen MR) is 76.8 cm³/mol. The van der Waals surface area contributed by atoms with Crippen molar-refractivity contribution in [2.75, 3.05) is 19.6 Å². The summed E-state index contributed by atoms with van der Waals surface area (Å²) in [6, 6.07) is -0.774. The lowest BCUT2D eigenvalue weighted by atomic mass is 10.0. The van der Waals surface area contributed by atoms with Gasteiger partial charge in [-0.05, 0) is 20.8 Å². The van der Waals surface area contributed by atoms with E-state index in [1.54, 1.807) is 20.8 Å². The molecule has 2 rings (SSSR count). The molecule has 1 fully saturated rings. The summed E-state index contributed by atoms with van der Waals surface area (Å²) in [5.74, 6) is 0. The molecule has 130 valence electrons. The highest BCUT2D eigenvalue weighted by molar-refractivity contribution is 5.69. The Kier molecular flexibility index (Phi) is 4.61. The normalized spacial score (nSPS) is 19.8. The molecule has 1 amide bonds. The second-order valence-corrected chi connectivity index (χ2v) is 6.50. The molecule has 2 heterocycles. The van der Waals surface area contributed by atoms with Crippen molar-refractivity contribution < 1.29 is 22.7 Å². The first kappa shape index (κ1) is 17.6. The van der Waals surface area contributed by atoms with E-state index in [1.807, 2.05) is 0 Å². The van der Waals surface area contributed by atoms with Crippen LogP contribution in [0.1, 0.15) is 38.1 Å². The molecule has 6 nitrogen and oxygen atoms in total. The molecule has 0 aromatic carbocycles. The van der Waals surface area contributed by atoms with Gasteiger partial charge in [0.2, 0.25) is 0 Å². The third-order valence-electron chi connectivity index (χ3n) is 3.36. The summed E-state index contributed by atoms with van der Waals surface area (Å²) in [5, 5.41) is 6.53. The minimum absolute atomic E-state index is 0.0296. The van der Waals surface area contributed by atoms with Gasteiger partial charge in [-0.25, -0.2) is 4.79 Å². The number of rotatable bonds is 1. The van der Waals surface area contributed by atoms with Crippen molar-refractivity contribution in [2.45, 2.75) is 38.6 Å². The third-order valence-corrected chi connectivity index (χ3v) is 3.36. The van der Waals surface area contributed by atoms with E-state index in [0.29, 0.717) is 6.54 Å². The molecule has 23 heavy (non-hydrogen) atoms. The van der Waals surface area contributed by atoms with Gasteiger partial charge in [0.05, 0.1) is 6.04 Å². The Bertz CT molecular complexity index is 578. The van der Waals surface area contributed by atoms with Crippen molar-refractivity contribution in [3.05, 3.63) is 17.5 Å². The number of aromatic nitrogens is 2. The Hall–Kier alpha value is -1.77. The summed E-state index contributed by atoms with van der Waals surface area (Å²) in [5.41, 5.74) is -1.71. The highest BCUT2D eigenvalue weighted by atomic mass is 19.4. The summed E-state index contributed by atoms with van der Waals surface area (Å²) in [6.45, 7) is 6.13. The highest BCUT2D eigenvalue weighted by Gasteiger charge is 2.42. The monoisotopic (exact) mass is 334 g/mol. The summed E-state index contributed by atoms with van der Waals surface area (Å²) < 4.78 is 46.0. The van der Waals surface area contributed by atoms with E-state index in [0.717, 1.165) is 4.68 Å². The summed E-state index contributed by atoms with van der Waals surface area (Å²) in [4.78, 5) is 13.7. The molecule has 0 bridgehead atoms. The number of piperazine rings is 1. The number of nitrogens with one attached hydrogen (secondary N) is 1. The van der Waals surface area contributed by atoms with Crippen LogP contribution >= 0.6 is 0 Å². The molecule has 1 unspecified atom stereocenters. The number of ether oxygens (including phenoxy) is 1. The van der Waals surface area contributed by atoms with Crippen LogP contribution < -0.4 is 5.32 Å². The van der Waals surface area contributed by atoms with Gasteiger partial charge in [0, 0.05) is 38.4 Å². The van der Waals surface area contributed by atoms with Crippen LogP contribution in [0.15, 0.2) is 6.20 Å². The Morgan fingerprint density at radius 2 is 2.04 bits per heavy atom. The Labute approximate surface area is 132 Å². The van der Waals surface area contributed by atoms with Crippen molar-refractivity contribution in [1.29, 1.82) is 0 Å². The second-order valence-electron chi connectivity index (χ2n) is 6.50. The minimum atomic E-state index is -4.58.